The third-order valence-electron chi connectivity index (χ3n) is 4.16. The lowest BCUT2D eigenvalue weighted by atomic mass is 10.0. The first-order valence-electron chi connectivity index (χ1n) is 6.71. The van der Waals surface area contributed by atoms with Crippen LogP contribution in [-0.4, -0.2) is 29.0 Å². The van der Waals surface area contributed by atoms with E-state index in [2.05, 4.69) is 10.3 Å². The smallest absolute Gasteiger partial charge is 0.323 e. The number of anilines is 1. The van der Waals surface area contributed by atoms with Crippen LogP contribution in [0.4, 0.5) is 10.6 Å². The van der Waals surface area contributed by atoms with Gasteiger partial charge in [-0.2, -0.15) is 0 Å². The second kappa shape index (κ2) is 4.59. The van der Waals surface area contributed by atoms with Gasteiger partial charge in [0.2, 0.25) is 0 Å². The quantitative estimate of drug-likeness (QED) is 0.826. The van der Waals surface area contributed by atoms with Crippen LogP contribution in [0.1, 0.15) is 24.8 Å². The Bertz CT molecular complexity index is 448. The molecule has 0 radical (unpaired) electrons. The molecule has 1 saturated carbocycles. The van der Waals surface area contributed by atoms with Crippen molar-refractivity contribution in [2.24, 2.45) is 11.8 Å². The molecule has 1 aliphatic heterocycles. The minimum absolute atomic E-state index is 0.00231. The summed E-state index contributed by atoms with van der Waals surface area (Å²) in [6.45, 7) is 3.84. The van der Waals surface area contributed by atoms with Gasteiger partial charge in [0, 0.05) is 19.3 Å². The van der Waals surface area contributed by atoms with E-state index in [1.165, 1.54) is 19.3 Å². The lowest BCUT2D eigenvalue weighted by Gasteiger charge is -2.17. The third-order valence-corrected chi connectivity index (χ3v) is 4.16. The summed E-state index contributed by atoms with van der Waals surface area (Å²) < 4.78 is 0. The normalized spacial score (nSPS) is 26.2. The molecule has 0 aromatic carbocycles. The van der Waals surface area contributed by atoms with E-state index < -0.39 is 0 Å². The second-order valence-electron chi connectivity index (χ2n) is 5.50. The molecule has 2 fully saturated rings. The van der Waals surface area contributed by atoms with Gasteiger partial charge in [0.05, 0.1) is 0 Å². The molecule has 1 aromatic heterocycles. The fraction of sp³-hybridized carbons (Fsp3) is 0.571. The van der Waals surface area contributed by atoms with Crippen LogP contribution < -0.4 is 5.32 Å². The number of pyridine rings is 1. The molecule has 1 aliphatic carbocycles. The molecule has 0 bridgehead atoms. The number of fused-ring (bicyclic) bond motifs is 1. The lowest BCUT2D eigenvalue weighted by molar-refractivity contribution is 0.218. The van der Waals surface area contributed by atoms with E-state index in [1.807, 2.05) is 24.0 Å². The Morgan fingerprint density at radius 1 is 1.39 bits per heavy atom. The predicted octanol–water partition coefficient (Wildman–Crippen LogP) is 2.65. The number of rotatable bonds is 1. The first-order valence-corrected chi connectivity index (χ1v) is 6.71. The highest BCUT2D eigenvalue weighted by Crippen LogP contribution is 2.37. The number of carbonyl (C=O) groups is 1. The molecule has 2 aliphatic rings. The summed E-state index contributed by atoms with van der Waals surface area (Å²) in [6.07, 6.45) is 5.64. The van der Waals surface area contributed by atoms with Crippen LogP contribution in [0.5, 0.6) is 0 Å². The number of aromatic nitrogens is 1. The lowest BCUT2D eigenvalue weighted by Crippen LogP contribution is -2.33. The first kappa shape index (κ1) is 11.5. The zero-order chi connectivity index (χ0) is 12.5. The Labute approximate surface area is 107 Å². The van der Waals surface area contributed by atoms with Gasteiger partial charge in [0.15, 0.2) is 0 Å². The van der Waals surface area contributed by atoms with Crippen molar-refractivity contribution in [2.45, 2.75) is 26.2 Å². The van der Waals surface area contributed by atoms with Crippen molar-refractivity contribution in [2.75, 3.05) is 18.4 Å². The minimum Gasteiger partial charge on any atom is -0.324 e. The van der Waals surface area contributed by atoms with Gasteiger partial charge in [0.1, 0.15) is 5.82 Å². The van der Waals surface area contributed by atoms with E-state index in [0.29, 0.717) is 5.82 Å². The summed E-state index contributed by atoms with van der Waals surface area (Å²) in [5, 5.41) is 2.89. The maximum absolute atomic E-state index is 12.1. The highest BCUT2D eigenvalue weighted by molar-refractivity contribution is 5.88. The number of nitrogens with zero attached hydrogens (tertiary/aromatic N) is 2. The molecule has 1 saturated heterocycles. The molecule has 1 N–H and O–H groups in total. The molecule has 96 valence electrons. The Kier molecular flexibility index (Phi) is 2.94. The monoisotopic (exact) mass is 245 g/mol. The third kappa shape index (κ3) is 2.19. The Hall–Kier alpha value is -1.58. The SMILES string of the molecule is Cc1ccnc(NC(=O)N2CC3CCCC3C2)c1. The van der Waals surface area contributed by atoms with E-state index in [0.717, 1.165) is 30.5 Å². The number of amides is 2. The van der Waals surface area contributed by atoms with Crippen molar-refractivity contribution in [3.8, 4) is 0 Å². The van der Waals surface area contributed by atoms with Gasteiger partial charge in [-0.1, -0.05) is 6.42 Å². The van der Waals surface area contributed by atoms with Crippen LogP contribution in [0, 0.1) is 18.8 Å². The summed E-state index contributed by atoms with van der Waals surface area (Å²) in [6, 6.07) is 3.83. The van der Waals surface area contributed by atoms with Crippen molar-refractivity contribution >= 4 is 11.8 Å². The zero-order valence-electron chi connectivity index (χ0n) is 10.7. The summed E-state index contributed by atoms with van der Waals surface area (Å²) in [5.74, 6) is 2.12. The Balaban J connectivity index is 1.62. The maximum atomic E-state index is 12.1. The van der Waals surface area contributed by atoms with Crippen molar-refractivity contribution < 1.29 is 4.79 Å². The number of carbonyl (C=O) groups excluding carboxylic acids is 1. The van der Waals surface area contributed by atoms with Gasteiger partial charge >= 0.3 is 6.03 Å². The van der Waals surface area contributed by atoms with Crippen molar-refractivity contribution in [1.29, 1.82) is 0 Å². The standard InChI is InChI=1S/C14H19N3O/c1-10-5-6-15-13(7-10)16-14(18)17-8-11-3-2-4-12(11)9-17/h5-7,11-12H,2-4,8-9H2,1H3,(H,15,16,18). The second-order valence-corrected chi connectivity index (χ2v) is 5.50. The number of aryl methyl sites for hydroxylation is 1. The molecule has 4 heteroatoms. The molecule has 2 heterocycles. The summed E-state index contributed by atoms with van der Waals surface area (Å²) >= 11 is 0. The summed E-state index contributed by atoms with van der Waals surface area (Å²) in [4.78, 5) is 18.2. The van der Waals surface area contributed by atoms with Gasteiger partial charge in [-0.25, -0.2) is 9.78 Å². The van der Waals surface area contributed by atoms with E-state index in [9.17, 15) is 4.79 Å². The molecule has 18 heavy (non-hydrogen) atoms. The average molecular weight is 245 g/mol. The zero-order valence-corrected chi connectivity index (χ0v) is 10.7. The summed E-state index contributed by atoms with van der Waals surface area (Å²) in [5.41, 5.74) is 1.11. The van der Waals surface area contributed by atoms with E-state index in [-0.39, 0.29) is 6.03 Å². The molecular formula is C14H19N3O. The molecule has 2 atom stereocenters. The molecular weight excluding hydrogens is 226 g/mol. The number of nitrogens with one attached hydrogen (secondary N) is 1. The number of hydrogen-bond donors (Lipinski definition) is 1. The van der Waals surface area contributed by atoms with Crippen LogP contribution in [0.15, 0.2) is 18.3 Å². The Morgan fingerprint density at radius 2 is 2.11 bits per heavy atom. The van der Waals surface area contributed by atoms with Crippen LogP contribution in [0.3, 0.4) is 0 Å². The van der Waals surface area contributed by atoms with Crippen molar-refractivity contribution in [1.82, 2.24) is 9.88 Å². The maximum Gasteiger partial charge on any atom is 0.323 e. The minimum atomic E-state index is 0.00231. The molecule has 2 unspecified atom stereocenters. The summed E-state index contributed by atoms with van der Waals surface area (Å²) in [7, 11) is 0. The van der Waals surface area contributed by atoms with Gasteiger partial charge in [0.25, 0.3) is 0 Å². The highest BCUT2D eigenvalue weighted by Gasteiger charge is 2.37. The molecule has 4 nitrogen and oxygen atoms in total. The topological polar surface area (TPSA) is 45.2 Å². The number of likely N-dealkylation sites (tertiary alicyclic amines) is 1. The highest BCUT2D eigenvalue weighted by atomic mass is 16.2. The molecule has 3 rings (SSSR count). The van der Waals surface area contributed by atoms with Crippen molar-refractivity contribution in [3.63, 3.8) is 0 Å². The molecule has 2 amide bonds. The molecule has 0 spiro atoms. The number of urea groups is 1. The predicted molar refractivity (Wildman–Crippen MR) is 70.4 cm³/mol. The molecule has 1 aromatic rings. The fourth-order valence-electron chi connectivity index (χ4n) is 3.19. The van der Waals surface area contributed by atoms with E-state index in [4.69, 9.17) is 0 Å². The van der Waals surface area contributed by atoms with Crippen LogP contribution in [0.2, 0.25) is 0 Å². The van der Waals surface area contributed by atoms with Crippen LogP contribution in [-0.2, 0) is 0 Å². The van der Waals surface area contributed by atoms with Gasteiger partial charge < -0.3 is 4.90 Å². The van der Waals surface area contributed by atoms with E-state index in [1.54, 1.807) is 6.20 Å². The average Bonchev–Trinajstić information content (AvgIpc) is 2.88. The van der Waals surface area contributed by atoms with Crippen LogP contribution in [0.25, 0.3) is 0 Å². The number of hydrogen-bond acceptors (Lipinski definition) is 2. The van der Waals surface area contributed by atoms with Gasteiger partial charge in [-0.15, -0.1) is 0 Å². The van der Waals surface area contributed by atoms with E-state index >= 15 is 0 Å². The van der Waals surface area contributed by atoms with Gasteiger partial charge in [-0.3, -0.25) is 5.32 Å². The van der Waals surface area contributed by atoms with Crippen LogP contribution >= 0.6 is 0 Å². The fourth-order valence-corrected chi connectivity index (χ4v) is 3.19. The largest absolute Gasteiger partial charge is 0.324 e. The van der Waals surface area contributed by atoms with Gasteiger partial charge in [-0.05, 0) is 49.3 Å². The first-order chi connectivity index (χ1) is 8.72. The van der Waals surface area contributed by atoms with Crippen molar-refractivity contribution in [3.05, 3.63) is 23.9 Å². The Morgan fingerprint density at radius 3 is 2.78 bits per heavy atom.